The molecule has 0 aliphatic carbocycles. The third-order valence-electron chi connectivity index (χ3n) is 4.08. The van der Waals surface area contributed by atoms with Crippen molar-refractivity contribution < 1.29 is 13.9 Å². The summed E-state index contributed by atoms with van der Waals surface area (Å²) >= 11 is 2.77. The number of carbonyl (C=O) groups excluding carboxylic acids is 1. The monoisotopic (exact) mass is 406 g/mol. The number of nitrogens with zero attached hydrogens (tertiary/aromatic N) is 1. The smallest absolute Gasteiger partial charge is 0.348 e. The van der Waals surface area contributed by atoms with Crippen molar-refractivity contribution in [2.45, 2.75) is 31.8 Å². The van der Waals surface area contributed by atoms with Gasteiger partial charge in [-0.05, 0) is 44.0 Å². The second kappa shape index (κ2) is 8.22. The number of aromatic nitrogens is 2. The van der Waals surface area contributed by atoms with Crippen LogP contribution in [0.15, 0.2) is 29.1 Å². The van der Waals surface area contributed by atoms with Gasteiger partial charge in [-0.15, -0.1) is 23.1 Å². The Balaban J connectivity index is 1.85. The van der Waals surface area contributed by atoms with Gasteiger partial charge in [0.1, 0.15) is 21.3 Å². The van der Waals surface area contributed by atoms with Crippen LogP contribution in [0.3, 0.4) is 0 Å². The predicted molar refractivity (Wildman–Crippen MR) is 107 cm³/mol. The van der Waals surface area contributed by atoms with Gasteiger partial charge in [0.05, 0.1) is 17.2 Å². The van der Waals surface area contributed by atoms with Crippen LogP contribution >= 0.6 is 23.1 Å². The second-order valence-corrected chi connectivity index (χ2v) is 8.32. The van der Waals surface area contributed by atoms with Crippen LogP contribution in [0.2, 0.25) is 0 Å². The van der Waals surface area contributed by atoms with Crippen LogP contribution in [0.1, 0.15) is 45.7 Å². The molecule has 0 spiro atoms. The lowest BCUT2D eigenvalue weighted by Gasteiger charge is -2.10. The third-order valence-corrected chi connectivity index (χ3v) is 6.47. The number of thiophene rings is 1. The maximum absolute atomic E-state index is 13.0. The molecule has 0 saturated heterocycles. The molecule has 27 heavy (non-hydrogen) atoms. The molecule has 0 unspecified atom stereocenters. The number of hydrogen-bond acceptors (Lipinski definition) is 6. The van der Waals surface area contributed by atoms with Gasteiger partial charge in [0.2, 0.25) is 0 Å². The molecule has 0 aliphatic rings. The van der Waals surface area contributed by atoms with Crippen LogP contribution in [0.4, 0.5) is 4.39 Å². The van der Waals surface area contributed by atoms with Crippen LogP contribution in [0.5, 0.6) is 0 Å². The number of H-pyrrole nitrogens is 1. The lowest BCUT2D eigenvalue weighted by molar-refractivity contribution is 0.0531. The van der Waals surface area contributed by atoms with E-state index in [0.717, 1.165) is 5.56 Å². The third kappa shape index (κ3) is 4.22. The Labute approximate surface area is 164 Å². The number of fused-ring (bicyclic) bond motifs is 1. The zero-order chi connectivity index (χ0) is 19.6. The fraction of sp³-hybridized carbons (Fsp3) is 0.316. The molecule has 5 nitrogen and oxygen atoms in total. The molecule has 1 atom stereocenters. The molecule has 3 aromatic rings. The van der Waals surface area contributed by atoms with Crippen molar-refractivity contribution in [1.29, 1.82) is 0 Å². The molecule has 2 aromatic heterocycles. The summed E-state index contributed by atoms with van der Waals surface area (Å²) in [6.45, 7) is 5.70. The summed E-state index contributed by atoms with van der Waals surface area (Å²) in [6.07, 6.45) is 0. The van der Waals surface area contributed by atoms with Gasteiger partial charge in [-0.3, -0.25) is 4.79 Å². The normalized spacial score (nSPS) is 12.3. The van der Waals surface area contributed by atoms with E-state index in [9.17, 15) is 14.0 Å². The highest BCUT2D eigenvalue weighted by atomic mass is 32.2. The first-order chi connectivity index (χ1) is 12.9. The molecule has 1 N–H and O–H groups in total. The summed E-state index contributed by atoms with van der Waals surface area (Å²) in [4.78, 5) is 32.9. The van der Waals surface area contributed by atoms with Crippen molar-refractivity contribution in [3.63, 3.8) is 0 Å². The zero-order valence-electron chi connectivity index (χ0n) is 15.2. The molecule has 0 bridgehead atoms. The Hall–Kier alpha value is -2.19. The first-order valence-corrected chi connectivity index (χ1v) is 10.3. The van der Waals surface area contributed by atoms with Gasteiger partial charge in [0.25, 0.3) is 5.56 Å². The van der Waals surface area contributed by atoms with E-state index >= 15 is 0 Å². The summed E-state index contributed by atoms with van der Waals surface area (Å²) < 4.78 is 18.0. The molecule has 3 rings (SSSR count). The molecule has 8 heteroatoms. The molecule has 0 fully saturated rings. The number of thioether (sulfide) groups is 1. The number of rotatable bonds is 6. The van der Waals surface area contributed by atoms with Gasteiger partial charge in [-0.25, -0.2) is 14.2 Å². The molecule has 0 radical (unpaired) electrons. The first-order valence-electron chi connectivity index (χ1n) is 8.47. The fourth-order valence-electron chi connectivity index (χ4n) is 2.63. The highest BCUT2D eigenvalue weighted by Crippen LogP contribution is 2.32. The molecule has 0 amide bonds. The van der Waals surface area contributed by atoms with Crippen molar-refractivity contribution >= 4 is 39.3 Å². The molecule has 2 heterocycles. The van der Waals surface area contributed by atoms with E-state index in [4.69, 9.17) is 4.74 Å². The summed E-state index contributed by atoms with van der Waals surface area (Å²) in [5, 5.41) is 0.364. The Morgan fingerprint density at radius 3 is 2.74 bits per heavy atom. The quantitative estimate of drug-likeness (QED) is 0.606. The van der Waals surface area contributed by atoms with Crippen molar-refractivity contribution in [3.8, 4) is 0 Å². The van der Waals surface area contributed by atoms with Crippen LogP contribution in [0.25, 0.3) is 10.2 Å². The number of aromatic amines is 1. The van der Waals surface area contributed by atoms with E-state index in [2.05, 4.69) is 9.97 Å². The summed E-state index contributed by atoms with van der Waals surface area (Å²) in [7, 11) is 0. The van der Waals surface area contributed by atoms with Crippen LogP contribution in [-0.2, 0) is 10.5 Å². The maximum Gasteiger partial charge on any atom is 0.348 e. The fourth-order valence-corrected chi connectivity index (χ4v) is 4.61. The lowest BCUT2D eigenvalue weighted by Crippen LogP contribution is -2.13. The number of benzene rings is 1. The van der Waals surface area contributed by atoms with Gasteiger partial charge < -0.3 is 9.72 Å². The minimum atomic E-state index is -0.433. The Bertz CT molecular complexity index is 1030. The van der Waals surface area contributed by atoms with E-state index < -0.39 is 5.97 Å². The standard InChI is InChI=1S/C19H19FN2O3S2/c1-4-25-19(24)15-10(2)14-17(23)21-16(22-18(14)27-15)11(3)26-9-12-5-7-13(20)8-6-12/h5-8,11H,4,9H2,1-3H3,(H,21,22,23)/t11-/m1/s1. The summed E-state index contributed by atoms with van der Waals surface area (Å²) in [5.41, 5.74) is 1.34. The number of nitrogens with one attached hydrogen (secondary N) is 1. The van der Waals surface area contributed by atoms with E-state index in [1.54, 1.807) is 37.7 Å². The van der Waals surface area contributed by atoms with Crippen LogP contribution in [-0.4, -0.2) is 22.5 Å². The van der Waals surface area contributed by atoms with Gasteiger partial charge >= 0.3 is 5.97 Å². The number of halogens is 1. The molecule has 142 valence electrons. The number of carbonyl (C=O) groups is 1. The van der Waals surface area contributed by atoms with E-state index in [0.29, 0.717) is 32.2 Å². The molecule has 0 aliphatic heterocycles. The number of aryl methyl sites for hydroxylation is 1. The highest BCUT2D eigenvalue weighted by molar-refractivity contribution is 7.98. The van der Waals surface area contributed by atoms with Gasteiger partial charge in [0, 0.05) is 5.75 Å². The Morgan fingerprint density at radius 1 is 1.37 bits per heavy atom. The number of ether oxygens (including phenoxy) is 1. The average Bonchev–Trinajstić information content (AvgIpc) is 2.98. The molecule has 1 aromatic carbocycles. The summed E-state index contributed by atoms with van der Waals surface area (Å²) in [6, 6.07) is 6.33. The second-order valence-electron chi connectivity index (χ2n) is 5.99. The number of esters is 1. The van der Waals surface area contributed by atoms with Gasteiger partial charge in [0.15, 0.2) is 0 Å². The Kier molecular flexibility index (Phi) is 5.96. The van der Waals surface area contributed by atoms with E-state index in [1.165, 1.54) is 23.5 Å². The highest BCUT2D eigenvalue weighted by Gasteiger charge is 2.21. The minimum Gasteiger partial charge on any atom is -0.462 e. The maximum atomic E-state index is 13.0. The van der Waals surface area contributed by atoms with Gasteiger partial charge in [-0.2, -0.15) is 0 Å². The largest absolute Gasteiger partial charge is 0.462 e. The van der Waals surface area contributed by atoms with Crippen molar-refractivity contribution in [3.05, 3.63) is 62.3 Å². The first kappa shape index (κ1) is 19.6. The topological polar surface area (TPSA) is 72.0 Å². The Morgan fingerprint density at radius 2 is 2.07 bits per heavy atom. The predicted octanol–water partition coefficient (Wildman–Crippen LogP) is 4.60. The minimum absolute atomic E-state index is 0.0689. The average molecular weight is 407 g/mol. The summed E-state index contributed by atoms with van der Waals surface area (Å²) in [5.74, 6) is 0.522. The SMILES string of the molecule is CCOC(=O)c1sc2nc([C@@H](C)SCc3ccc(F)cc3)[nH]c(=O)c2c1C. The van der Waals surface area contributed by atoms with Crippen LogP contribution < -0.4 is 5.56 Å². The zero-order valence-corrected chi connectivity index (χ0v) is 16.8. The molecule has 0 saturated carbocycles. The lowest BCUT2D eigenvalue weighted by atomic mass is 10.2. The number of hydrogen-bond donors (Lipinski definition) is 1. The van der Waals surface area contributed by atoms with Crippen molar-refractivity contribution in [2.75, 3.05) is 6.61 Å². The van der Waals surface area contributed by atoms with Crippen LogP contribution in [0, 0.1) is 12.7 Å². The van der Waals surface area contributed by atoms with E-state index in [1.807, 2.05) is 6.92 Å². The van der Waals surface area contributed by atoms with Gasteiger partial charge in [-0.1, -0.05) is 12.1 Å². The molecular formula is C19H19FN2O3S2. The van der Waals surface area contributed by atoms with Crippen molar-refractivity contribution in [2.24, 2.45) is 0 Å². The molecular weight excluding hydrogens is 387 g/mol. The van der Waals surface area contributed by atoms with E-state index in [-0.39, 0.29) is 23.2 Å². The van der Waals surface area contributed by atoms with Crippen molar-refractivity contribution in [1.82, 2.24) is 9.97 Å².